The van der Waals surface area contributed by atoms with E-state index in [4.69, 9.17) is 6.42 Å². The van der Waals surface area contributed by atoms with Gasteiger partial charge < -0.3 is 4.98 Å². The first kappa shape index (κ1) is 9.77. The molecule has 1 aromatic heterocycles. The van der Waals surface area contributed by atoms with E-state index in [0.29, 0.717) is 0 Å². The van der Waals surface area contributed by atoms with Gasteiger partial charge in [0.1, 0.15) is 0 Å². The van der Waals surface area contributed by atoms with Crippen LogP contribution in [0.15, 0.2) is 17.6 Å². The second-order valence-corrected chi connectivity index (χ2v) is 4.39. The minimum absolute atomic E-state index is 0.0430. The Balaban J connectivity index is 2.98. The first-order valence-corrected chi connectivity index (χ1v) is 4.91. The van der Waals surface area contributed by atoms with Crippen LogP contribution >= 0.6 is 0 Å². The third-order valence-electron chi connectivity index (χ3n) is 1.48. The van der Waals surface area contributed by atoms with Crippen molar-refractivity contribution >= 4 is 10.0 Å². The highest BCUT2D eigenvalue weighted by molar-refractivity contribution is 7.89. The van der Waals surface area contributed by atoms with E-state index < -0.39 is 10.0 Å². The number of aromatic amines is 1. The van der Waals surface area contributed by atoms with E-state index in [-0.39, 0.29) is 11.6 Å². The van der Waals surface area contributed by atoms with Gasteiger partial charge in [0.2, 0.25) is 0 Å². The summed E-state index contributed by atoms with van der Waals surface area (Å²) in [5, 5.41) is 0.0465. The van der Waals surface area contributed by atoms with Gasteiger partial charge in [0.15, 0.2) is 5.03 Å². The fraction of sp³-hybridized carbons (Fsp3) is 0.286. The topological polar surface area (TPSA) is 66.1 Å². The summed E-state index contributed by atoms with van der Waals surface area (Å²) < 4.78 is 24.2. The fourth-order valence-electron chi connectivity index (χ4n) is 0.766. The average Bonchev–Trinajstić information content (AvgIpc) is 2.56. The Hall–Kier alpha value is -1.32. The lowest BCUT2D eigenvalue weighted by atomic mass is 10.7. The van der Waals surface area contributed by atoms with Crippen molar-refractivity contribution in [2.75, 3.05) is 13.6 Å². The Bertz CT molecular complexity index is 401. The molecule has 1 N–H and O–H groups in total. The predicted molar refractivity (Wildman–Crippen MR) is 47.2 cm³/mol. The number of sulfonamides is 1. The van der Waals surface area contributed by atoms with Gasteiger partial charge in [0.25, 0.3) is 10.0 Å². The molecule has 13 heavy (non-hydrogen) atoms. The molecule has 0 atom stereocenters. The third-order valence-corrected chi connectivity index (χ3v) is 3.20. The van der Waals surface area contributed by atoms with E-state index in [1.807, 2.05) is 0 Å². The van der Waals surface area contributed by atoms with Crippen LogP contribution in [-0.4, -0.2) is 36.3 Å². The quantitative estimate of drug-likeness (QED) is 0.677. The smallest absolute Gasteiger partial charge is 0.260 e. The third kappa shape index (κ3) is 1.88. The molecule has 0 aliphatic rings. The van der Waals surface area contributed by atoms with E-state index in [1.54, 1.807) is 0 Å². The number of terminal acetylenes is 1. The number of hydrogen-bond acceptors (Lipinski definition) is 3. The van der Waals surface area contributed by atoms with Gasteiger partial charge in [-0.3, -0.25) is 0 Å². The summed E-state index contributed by atoms with van der Waals surface area (Å²) in [4.78, 5) is 6.13. The van der Waals surface area contributed by atoms with Gasteiger partial charge in [-0.1, -0.05) is 5.92 Å². The monoisotopic (exact) mass is 199 g/mol. The summed E-state index contributed by atoms with van der Waals surface area (Å²) >= 11 is 0. The summed E-state index contributed by atoms with van der Waals surface area (Å²) in [5.41, 5.74) is 0. The normalized spacial score (nSPS) is 11.5. The van der Waals surface area contributed by atoms with Crippen LogP contribution in [0.2, 0.25) is 0 Å². The molecule has 0 unspecified atom stereocenters. The summed E-state index contributed by atoms with van der Waals surface area (Å²) in [6.45, 7) is 0.0430. The Morgan fingerprint density at radius 1 is 1.77 bits per heavy atom. The van der Waals surface area contributed by atoms with Crippen molar-refractivity contribution in [1.29, 1.82) is 0 Å². The molecule has 0 spiro atoms. The lowest BCUT2D eigenvalue weighted by molar-refractivity contribution is 0.500. The maximum Gasteiger partial charge on any atom is 0.260 e. The van der Waals surface area contributed by atoms with Gasteiger partial charge in [-0.2, -0.15) is 4.31 Å². The predicted octanol–water partition coefficient (Wildman–Crippen LogP) is -0.337. The number of hydrogen-bond donors (Lipinski definition) is 1. The largest absolute Gasteiger partial charge is 0.335 e. The van der Waals surface area contributed by atoms with Gasteiger partial charge >= 0.3 is 0 Å². The van der Waals surface area contributed by atoms with Crippen LogP contribution in [0.4, 0.5) is 0 Å². The van der Waals surface area contributed by atoms with Crippen LogP contribution < -0.4 is 0 Å². The van der Waals surface area contributed by atoms with E-state index in [9.17, 15) is 8.42 Å². The second-order valence-electron chi connectivity index (χ2n) is 2.38. The van der Waals surface area contributed by atoms with Gasteiger partial charge in [-0.25, -0.2) is 13.4 Å². The van der Waals surface area contributed by atoms with Crippen LogP contribution in [0.3, 0.4) is 0 Å². The van der Waals surface area contributed by atoms with Crippen LogP contribution in [0.25, 0.3) is 0 Å². The Labute approximate surface area is 76.8 Å². The number of imidazole rings is 1. The fourth-order valence-corrected chi connectivity index (χ4v) is 1.74. The van der Waals surface area contributed by atoms with Crippen molar-refractivity contribution in [3.05, 3.63) is 12.5 Å². The Morgan fingerprint density at radius 3 is 2.92 bits per heavy atom. The number of aromatic nitrogens is 2. The number of nitrogens with zero attached hydrogens (tertiary/aromatic N) is 2. The van der Waals surface area contributed by atoms with E-state index in [2.05, 4.69) is 15.9 Å². The highest BCUT2D eigenvalue weighted by Crippen LogP contribution is 2.08. The van der Waals surface area contributed by atoms with Gasteiger partial charge in [-0.15, -0.1) is 6.42 Å². The number of nitrogens with one attached hydrogen (secondary N) is 1. The molecule has 0 fully saturated rings. The molecule has 1 heterocycles. The zero-order chi connectivity index (χ0) is 9.90. The summed E-state index contributed by atoms with van der Waals surface area (Å²) in [7, 11) is -2.07. The van der Waals surface area contributed by atoms with E-state index in [1.165, 1.54) is 19.6 Å². The average molecular weight is 199 g/mol. The van der Waals surface area contributed by atoms with Crippen molar-refractivity contribution in [1.82, 2.24) is 14.3 Å². The molecule has 5 nitrogen and oxygen atoms in total. The molecule has 0 aromatic carbocycles. The molecular weight excluding hydrogens is 190 g/mol. The minimum atomic E-state index is -3.49. The Morgan fingerprint density at radius 2 is 2.46 bits per heavy atom. The van der Waals surface area contributed by atoms with Crippen molar-refractivity contribution in [3.8, 4) is 12.3 Å². The van der Waals surface area contributed by atoms with E-state index in [0.717, 1.165) is 4.31 Å². The molecule has 0 saturated heterocycles. The summed E-state index contributed by atoms with van der Waals surface area (Å²) in [6.07, 6.45) is 7.54. The molecule has 0 amide bonds. The molecule has 1 rings (SSSR count). The number of H-pyrrole nitrogens is 1. The molecule has 0 saturated carbocycles. The van der Waals surface area contributed by atoms with Crippen LogP contribution in [0.1, 0.15) is 0 Å². The van der Waals surface area contributed by atoms with Crippen LogP contribution in [0, 0.1) is 12.3 Å². The standard InChI is InChI=1S/C7H9N3O2S/c1-3-4-10(2)13(11,12)7-5-8-6-9-7/h1,5-6H,4H2,2H3,(H,8,9). The van der Waals surface area contributed by atoms with Crippen LogP contribution in [-0.2, 0) is 10.0 Å². The van der Waals surface area contributed by atoms with Crippen molar-refractivity contribution in [2.24, 2.45) is 0 Å². The molecule has 6 heteroatoms. The van der Waals surface area contributed by atoms with Crippen LogP contribution in [0.5, 0.6) is 0 Å². The lowest BCUT2D eigenvalue weighted by Gasteiger charge is -2.11. The molecule has 1 aromatic rings. The zero-order valence-corrected chi connectivity index (χ0v) is 7.87. The summed E-state index contributed by atoms with van der Waals surface area (Å²) in [5.74, 6) is 2.25. The Kier molecular flexibility index (Phi) is 2.70. The molecule has 70 valence electrons. The van der Waals surface area contributed by atoms with Gasteiger partial charge in [0, 0.05) is 7.05 Å². The van der Waals surface area contributed by atoms with E-state index >= 15 is 0 Å². The zero-order valence-electron chi connectivity index (χ0n) is 7.06. The first-order chi connectivity index (χ1) is 6.09. The van der Waals surface area contributed by atoms with Crippen molar-refractivity contribution in [3.63, 3.8) is 0 Å². The molecule has 0 radical (unpaired) electrons. The van der Waals surface area contributed by atoms with Crippen molar-refractivity contribution in [2.45, 2.75) is 5.03 Å². The molecule has 0 aliphatic carbocycles. The SMILES string of the molecule is C#CCN(C)S(=O)(=O)c1cnc[nH]1. The lowest BCUT2D eigenvalue weighted by Crippen LogP contribution is -2.27. The highest BCUT2D eigenvalue weighted by atomic mass is 32.2. The first-order valence-electron chi connectivity index (χ1n) is 3.47. The highest BCUT2D eigenvalue weighted by Gasteiger charge is 2.20. The second kappa shape index (κ2) is 3.60. The van der Waals surface area contributed by atoms with Gasteiger partial charge in [0.05, 0.1) is 19.1 Å². The minimum Gasteiger partial charge on any atom is -0.335 e. The maximum absolute atomic E-state index is 11.5. The molecular formula is C7H9N3O2S. The van der Waals surface area contributed by atoms with Gasteiger partial charge in [-0.05, 0) is 0 Å². The maximum atomic E-state index is 11.5. The summed E-state index contributed by atoms with van der Waals surface area (Å²) in [6, 6.07) is 0. The number of rotatable bonds is 3. The molecule has 0 bridgehead atoms. The van der Waals surface area contributed by atoms with Crippen molar-refractivity contribution < 1.29 is 8.42 Å². The molecule has 0 aliphatic heterocycles.